The van der Waals surface area contributed by atoms with Crippen LogP contribution < -0.4 is 10.1 Å². The summed E-state index contributed by atoms with van der Waals surface area (Å²) in [5, 5.41) is 3.32. The number of hydrogen-bond donors (Lipinski definition) is 1. The second-order valence-corrected chi connectivity index (χ2v) is 5.55. The van der Waals surface area contributed by atoms with E-state index in [1.54, 1.807) is 6.20 Å². The van der Waals surface area contributed by atoms with Gasteiger partial charge in [-0.3, -0.25) is 0 Å². The van der Waals surface area contributed by atoms with Crippen LogP contribution in [0.5, 0.6) is 11.6 Å². The van der Waals surface area contributed by atoms with Gasteiger partial charge >= 0.3 is 0 Å². The molecule has 0 saturated carbocycles. The number of benzene rings is 1. The molecule has 0 bridgehead atoms. The number of ether oxygens (including phenoxy) is 1. The van der Waals surface area contributed by atoms with Gasteiger partial charge < -0.3 is 10.1 Å². The predicted octanol–water partition coefficient (Wildman–Crippen LogP) is 4.42. The minimum atomic E-state index is 0.418. The lowest BCUT2D eigenvalue weighted by Crippen LogP contribution is -2.13. The van der Waals surface area contributed by atoms with Gasteiger partial charge in [0.25, 0.3) is 0 Å². The molecule has 3 nitrogen and oxygen atoms in total. The van der Waals surface area contributed by atoms with Crippen molar-refractivity contribution in [1.29, 1.82) is 0 Å². The van der Waals surface area contributed by atoms with Crippen molar-refractivity contribution in [2.75, 3.05) is 6.54 Å². The van der Waals surface area contributed by atoms with E-state index < -0.39 is 0 Å². The first-order valence-corrected chi connectivity index (χ1v) is 7.54. The molecule has 1 aromatic heterocycles. The molecule has 1 heterocycles. The molecule has 2 aromatic rings. The number of pyridine rings is 1. The minimum absolute atomic E-state index is 0.418. The summed E-state index contributed by atoms with van der Waals surface area (Å²) < 4.78 is 6.13. The Morgan fingerprint density at radius 1 is 1.24 bits per heavy atom. The van der Waals surface area contributed by atoms with E-state index in [-0.39, 0.29) is 0 Å². The Balaban J connectivity index is 2.31. The van der Waals surface area contributed by atoms with Crippen LogP contribution in [0.1, 0.15) is 43.4 Å². The number of rotatable bonds is 6. The molecule has 0 aliphatic heterocycles. The molecule has 0 amide bonds. The zero-order valence-corrected chi connectivity index (χ0v) is 13.3. The topological polar surface area (TPSA) is 34.2 Å². The van der Waals surface area contributed by atoms with E-state index in [4.69, 9.17) is 4.74 Å². The Kier molecular flexibility index (Phi) is 5.34. The van der Waals surface area contributed by atoms with Gasteiger partial charge in [-0.2, -0.15) is 0 Å². The second-order valence-electron chi connectivity index (χ2n) is 5.55. The summed E-state index contributed by atoms with van der Waals surface area (Å²) in [6.07, 6.45) is 1.77. The molecule has 3 heteroatoms. The number of hydrogen-bond acceptors (Lipinski definition) is 3. The van der Waals surface area contributed by atoms with Gasteiger partial charge in [0.05, 0.1) is 0 Å². The lowest BCUT2D eigenvalue weighted by molar-refractivity contribution is 0.445. The molecule has 0 saturated heterocycles. The van der Waals surface area contributed by atoms with Crippen LogP contribution in [0.3, 0.4) is 0 Å². The van der Waals surface area contributed by atoms with Crippen molar-refractivity contribution in [2.45, 2.75) is 40.2 Å². The average Bonchev–Trinajstić information content (AvgIpc) is 2.46. The molecule has 1 N–H and O–H groups in total. The highest BCUT2D eigenvalue weighted by molar-refractivity contribution is 5.42. The van der Waals surface area contributed by atoms with Crippen molar-refractivity contribution in [3.8, 4) is 11.6 Å². The second kappa shape index (κ2) is 7.23. The zero-order chi connectivity index (χ0) is 15.2. The Bertz CT molecular complexity index is 594. The van der Waals surface area contributed by atoms with Crippen LogP contribution in [0.2, 0.25) is 0 Å². The van der Waals surface area contributed by atoms with Crippen molar-refractivity contribution in [1.82, 2.24) is 10.3 Å². The molecule has 2 rings (SSSR count). The predicted molar refractivity (Wildman–Crippen MR) is 87.0 cm³/mol. The molecule has 112 valence electrons. The van der Waals surface area contributed by atoms with Crippen molar-refractivity contribution in [3.05, 3.63) is 53.2 Å². The quantitative estimate of drug-likeness (QED) is 0.853. The number of nitrogens with one attached hydrogen (secondary N) is 1. The number of aromatic nitrogens is 1. The van der Waals surface area contributed by atoms with Crippen LogP contribution in [-0.2, 0) is 6.54 Å². The standard InChI is InChI=1S/C18H24N2O/c1-5-19-12-15-7-6-10-20-18(15)21-17-11-14(4)8-9-16(17)13(2)3/h6-11,13,19H,5,12H2,1-4H3. The molecule has 0 aliphatic carbocycles. The van der Waals surface area contributed by atoms with Gasteiger partial charge in [0.2, 0.25) is 5.88 Å². The summed E-state index contributed by atoms with van der Waals surface area (Å²) in [6, 6.07) is 10.3. The van der Waals surface area contributed by atoms with E-state index in [1.165, 1.54) is 11.1 Å². The van der Waals surface area contributed by atoms with E-state index in [0.29, 0.717) is 11.8 Å². The van der Waals surface area contributed by atoms with E-state index in [9.17, 15) is 0 Å². The molecule has 0 aliphatic rings. The zero-order valence-electron chi connectivity index (χ0n) is 13.3. The summed E-state index contributed by atoms with van der Waals surface area (Å²) >= 11 is 0. The molecule has 0 atom stereocenters. The van der Waals surface area contributed by atoms with E-state index in [0.717, 1.165) is 24.4 Å². The molecular formula is C18H24N2O. The average molecular weight is 284 g/mol. The fraction of sp³-hybridized carbons (Fsp3) is 0.389. The first kappa shape index (κ1) is 15.5. The van der Waals surface area contributed by atoms with Gasteiger partial charge in [0, 0.05) is 18.3 Å². The van der Waals surface area contributed by atoms with E-state index in [1.807, 2.05) is 6.07 Å². The Morgan fingerprint density at radius 2 is 2.05 bits per heavy atom. The van der Waals surface area contributed by atoms with Crippen molar-refractivity contribution >= 4 is 0 Å². The third-order valence-electron chi connectivity index (χ3n) is 3.41. The van der Waals surface area contributed by atoms with Gasteiger partial charge in [-0.25, -0.2) is 4.98 Å². The van der Waals surface area contributed by atoms with Crippen LogP contribution in [-0.4, -0.2) is 11.5 Å². The van der Waals surface area contributed by atoms with Crippen molar-refractivity contribution < 1.29 is 4.74 Å². The first-order chi connectivity index (χ1) is 10.1. The van der Waals surface area contributed by atoms with Crippen LogP contribution in [0.4, 0.5) is 0 Å². The summed E-state index contributed by atoms with van der Waals surface area (Å²) in [5.41, 5.74) is 3.48. The van der Waals surface area contributed by atoms with Crippen LogP contribution in [0, 0.1) is 6.92 Å². The molecule has 1 aromatic carbocycles. The fourth-order valence-corrected chi connectivity index (χ4v) is 2.22. The number of nitrogens with zero attached hydrogens (tertiary/aromatic N) is 1. The van der Waals surface area contributed by atoms with Gasteiger partial charge in [-0.1, -0.05) is 39.0 Å². The van der Waals surface area contributed by atoms with Crippen LogP contribution in [0.15, 0.2) is 36.5 Å². The highest BCUT2D eigenvalue weighted by Gasteiger charge is 2.12. The van der Waals surface area contributed by atoms with Crippen LogP contribution >= 0.6 is 0 Å². The maximum Gasteiger partial charge on any atom is 0.223 e. The van der Waals surface area contributed by atoms with E-state index in [2.05, 4.69) is 62.3 Å². The van der Waals surface area contributed by atoms with Crippen molar-refractivity contribution in [2.24, 2.45) is 0 Å². The minimum Gasteiger partial charge on any atom is -0.438 e. The van der Waals surface area contributed by atoms with Gasteiger partial charge in [0.15, 0.2) is 0 Å². The molecule has 0 unspecified atom stereocenters. The van der Waals surface area contributed by atoms with Gasteiger partial charge in [-0.05, 0) is 42.6 Å². The van der Waals surface area contributed by atoms with Crippen molar-refractivity contribution in [3.63, 3.8) is 0 Å². The Labute approximate surface area is 127 Å². The highest BCUT2D eigenvalue weighted by atomic mass is 16.5. The van der Waals surface area contributed by atoms with Gasteiger partial charge in [-0.15, -0.1) is 0 Å². The normalized spacial score (nSPS) is 10.9. The molecule has 21 heavy (non-hydrogen) atoms. The SMILES string of the molecule is CCNCc1cccnc1Oc1cc(C)ccc1C(C)C. The van der Waals surface area contributed by atoms with Gasteiger partial charge in [0.1, 0.15) is 5.75 Å². The smallest absolute Gasteiger partial charge is 0.223 e. The fourth-order valence-electron chi connectivity index (χ4n) is 2.22. The largest absolute Gasteiger partial charge is 0.438 e. The summed E-state index contributed by atoms with van der Waals surface area (Å²) in [6.45, 7) is 10.2. The van der Waals surface area contributed by atoms with E-state index >= 15 is 0 Å². The molecule has 0 fully saturated rings. The van der Waals surface area contributed by atoms with Crippen LogP contribution in [0.25, 0.3) is 0 Å². The third-order valence-corrected chi connectivity index (χ3v) is 3.41. The lowest BCUT2D eigenvalue weighted by atomic mass is 10.0. The Morgan fingerprint density at radius 3 is 2.76 bits per heavy atom. The third kappa shape index (κ3) is 4.05. The summed E-state index contributed by atoms with van der Waals surface area (Å²) in [5.74, 6) is 2.01. The lowest BCUT2D eigenvalue weighted by Gasteiger charge is -2.16. The molecule has 0 radical (unpaired) electrons. The highest BCUT2D eigenvalue weighted by Crippen LogP contribution is 2.31. The number of aryl methyl sites for hydroxylation is 1. The maximum atomic E-state index is 6.13. The molecule has 0 spiro atoms. The maximum absolute atomic E-state index is 6.13. The monoisotopic (exact) mass is 284 g/mol. The molecular weight excluding hydrogens is 260 g/mol. The Hall–Kier alpha value is -1.87. The summed E-state index contributed by atoms with van der Waals surface area (Å²) in [4.78, 5) is 4.39. The first-order valence-electron chi connectivity index (χ1n) is 7.54. The summed E-state index contributed by atoms with van der Waals surface area (Å²) in [7, 11) is 0.